The summed E-state index contributed by atoms with van der Waals surface area (Å²) in [6.07, 6.45) is 0. The number of hydrogen-bond acceptors (Lipinski definition) is 4. The number of thiophene rings is 1. The predicted octanol–water partition coefficient (Wildman–Crippen LogP) is 3.28. The van der Waals surface area contributed by atoms with E-state index < -0.39 is 21.5 Å². The maximum Gasteiger partial charge on any atom is 0.235 e. The number of hydrogen-bond donors (Lipinski definition) is 1. The van der Waals surface area contributed by atoms with Crippen molar-refractivity contribution >= 4 is 27.1 Å². The molecule has 1 amide bonds. The van der Waals surface area contributed by atoms with Gasteiger partial charge in [-0.2, -0.15) is 0 Å². The van der Waals surface area contributed by atoms with E-state index in [0.29, 0.717) is 12.1 Å². The molecule has 6 heteroatoms. The Morgan fingerprint density at radius 3 is 2.33 bits per heavy atom. The number of carbonyl (C=O) groups excluding carboxylic acids is 1. The lowest BCUT2D eigenvalue weighted by molar-refractivity contribution is -0.118. The molecule has 130 valence electrons. The molecule has 2 aromatic rings. The molecule has 24 heavy (non-hydrogen) atoms. The van der Waals surface area contributed by atoms with E-state index in [9.17, 15) is 13.2 Å². The fourth-order valence-electron chi connectivity index (χ4n) is 2.26. The molecule has 0 aliphatic carbocycles. The second-order valence-corrected chi connectivity index (χ2v) is 9.93. The molecule has 0 aliphatic heterocycles. The third kappa shape index (κ3) is 5.76. The summed E-state index contributed by atoms with van der Waals surface area (Å²) in [4.78, 5) is 12.8. The van der Waals surface area contributed by atoms with Gasteiger partial charge < -0.3 is 5.32 Å². The number of benzene rings is 1. The highest BCUT2D eigenvalue weighted by atomic mass is 32.2. The molecule has 4 nitrogen and oxygen atoms in total. The molecular formula is C18H23NO3S2. The van der Waals surface area contributed by atoms with Crippen molar-refractivity contribution in [3.63, 3.8) is 0 Å². The van der Waals surface area contributed by atoms with Gasteiger partial charge in [-0.05, 0) is 28.0 Å². The topological polar surface area (TPSA) is 63.2 Å². The Kier molecular flexibility index (Phi) is 5.83. The summed E-state index contributed by atoms with van der Waals surface area (Å²) >= 11 is 1.52. The van der Waals surface area contributed by atoms with Gasteiger partial charge in [-0.25, -0.2) is 8.42 Å². The number of rotatable bonds is 6. The van der Waals surface area contributed by atoms with E-state index in [1.165, 1.54) is 11.3 Å². The van der Waals surface area contributed by atoms with Gasteiger partial charge in [0.25, 0.3) is 0 Å². The van der Waals surface area contributed by atoms with Gasteiger partial charge in [0.1, 0.15) is 5.75 Å². The van der Waals surface area contributed by atoms with E-state index in [0.717, 1.165) is 10.4 Å². The molecule has 1 heterocycles. The second kappa shape index (κ2) is 7.49. The minimum Gasteiger partial charge on any atom is -0.350 e. The van der Waals surface area contributed by atoms with Crippen LogP contribution in [0.5, 0.6) is 0 Å². The van der Waals surface area contributed by atoms with Crippen LogP contribution in [0.1, 0.15) is 36.8 Å². The van der Waals surface area contributed by atoms with Gasteiger partial charge in [-0.1, -0.05) is 51.1 Å². The quantitative estimate of drug-likeness (QED) is 0.854. The van der Waals surface area contributed by atoms with Gasteiger partial charge in [-0.15, -0.1) is 11.3 Å². The number of amides is 1. The van der Waals surface area contributed by atoms with E-state index in [-0.39, 0.29) is 11.2 Å². The summed E-state index contributed by atoms with van der Waals surface area (Å²) in [6, 6.07) is 11.3. The first-order valence-corrected chi connectivity index (χ1v) is 10.4. The van der Waals surface area contributed by atoms with Crippen LogP contribution in [-0.4, -0.2) is 20.1 Å². The van der Waals surface area contributed by atoms with Crippen LogP contribution in [0.2, 0.25) is 0 Å². The highest BCUT2D eigenvalue weighted by Crippen LogP contribution is 2.22. The van der Waals surface area contributed by atoms with Crippen LogP contribution in [0.3, 0.4) is 0 Å². The van der Waals surface area contributed by atoms with Gasteiger partial charge in [0.2, 0.25) is 5.91 Å². The first-order chi connectivity index (χ1) is 11.2. The molecule has 2 rings (SSSR count). The maximum absolute atomic E-state index is 12.2. The Morgan fingerprint density at radius 2 is 1.79 bits per heavy atom. The van der Waals surface area contributed by atoms with Crippen LogP contribution in [0.15, 0.2) is 41.8 Å². The molecular weight excluding hydrogens is 342 g/mol. The zero-order valence-corrected chi connectivity index (χ0v) is 15.8. The number of carbonyl (C=O) groups is 1. The minimum atomic E-state index is -3.48. The smallest absolute Gasteiger partial charge is 0.235 e. The summed E-state index contributed by atoms with van der Waals surface area (Å²) in [5.41, 5.74) is 1.88. The lowest BCUT2D eigenvalue weighted by Gasteiger charge is -2.19. The van der Waals surface area contributed by atoms with Gasteiger partial charge in [0.15, 0.2) is 9.84 Å². The number of nitrogens with one attached hydrogen (secondary N) is 1. The van der Waals surface area contributed by atoms with E-state index in [2.05, 4.69) is 26.1 Å². The molecule has 1 N–H and O–H groups in total. The predicted molar refractivity (Wildman–Crippen MR) is 98.8 cm³/mol. The number of sulfone groups is 1. The lowest BCUT2D eigenvalue weighted by Crippen LogP contribution is -2.30. The molecule has 0 saturated heterocycles. The standard InChI is InChI=1S/C18H23NO3S2/c1-18(2,3)15-8-6-14(7-9-15)12-24(21,22)13-17(20)19-11-16-5-4-10-23-16/h4-10H,11-13H2,1-3H3,(H,19,20). The summed E-state index contributed by atoms with van der Waals surface area (Å²) in [6.45, 7) is 6.69. The zero-order chi connectivity index (χ0) is 17.8. The molecule has 0 radical (unpaired) electrons. The van der Waals surface area contributed by atoms with E-state index in [1.807, 2.05) is 41.8 Å². The Balaban J connectivity index is 1.91. The molecule has 0 bridgehead atoms. The minimum absolute atomic E-state index is 0.0269. The van der Waals surface area contributed by atoms with Gasteiger partial charge in [0.05, 0.1) is 12.3 Å². The molecule has 0 fully saturated rings. The average Bonchev–Trinajstić information content (AvgIpc) is 2.97. The van der Waals surface area contributed by atoms with Crippen molar-refractivity contribution < 1.29 is 13.2 Å². The summed E-state index contributed by atoms with van der Waals surface area (Å²) in [5.74, 6) is -1.07. The van der Waals surface area contributed by atoms with Crippen LogP contribution in [0.25, 0.3) is 0 Å². The molecule has 0 aliphatic rings. The van der Waals surface area contributed by atoms with Crippen LogP contribution in [0, 0.1) is 0 Å². The average molecular weight is 366 g/mol. The summed E-state index contributed by atoms with van der Waals surface area (Å²) < 4.78 is 24.4. The largest absolute Gasteiger partial charge is 0.350 e. The Morgan fingerprint density at radius 1 is 1.12 bits per heavy atom. The van der Waals surface area contributed by atoms with Crippen molar-refractivity contribution in [1.29, 1.82) is 0 Å². The summed E-state index contributed by atoms with van der Waals surface area (Å²) in [5, 5.41) is 4.56. The van der Waals surface area contributed by atoms with Gasteiger partial charge >= 0.3 is 0 Å². The molecule has 0 saturated carbocycles. The first kappa shape index (κ1) is 18.7. The van der Waals surface area contributed by atoms with E-state index in [1.54, 1.807) is 0 Å². The van der Waals surface area contributed by atoms with Crippen molar-refractivity contribution in [2.45, 2.75) is 38.5 Å². The monoisotopic (exact) mass is 365 g/mol. The SMILES string of the molecule is CC(C)(C)c1ccc(CS(=O)(=O)CC(=O)NCc2cccs2)cc1. The Hall–Kier alpha value is -1.66. The second-order valence-electron chi connectivity index (χ2n) is 6.84. The van der Waals surface area contributed by atoms with Crippen LogP contribution >= 0.6 is 11.3 Å². The molecule has 0 unspecified atom stereocenters. The third-order valence-corrected chi connectivity index (χ3v) is 5.95. The van der Waals surface area contributed by atoms with Crippen molar-refractivity contribution in [3.8, 4) is 0 Å². The van der Waals surface area contributed by atoms with Crippen LogP contribution < -0.4 is 5.32 Å². The first-order valence-electron chi connectivity index (χ1n) is 7.75. The highest BCUT2D eigenvalue weighted by Gasteiger charge is 2.18. The molecule has 1 aromatic carbocycles. The highest BCUT2D eigenvalue weighted by molar-refractivity contribution is 7.91. The Labute approximate surface area is 147 Å². The fraction of sp³-hybridized carbons (Fsp3) is 0.389. The van der Waals surface area contributed by atoms with E-state index in [4.69, 9.17) is 0 Å². The van der Waals surface area contributed by atoms with Gasteiger partial charge in [-0.3, -0.25) is 4.79 Å². The van der Waals surface area contributed by atoms with Crippen molar-refractivity contribution in [1.82, 2.24) is 5.32 Å². The van der Waals surface area contributed by atoms with Crippen LogP contribution in [0.4, 0.5) is 0 Å². The normalized spacial score (nSPS) is 12.1. The molecule has 0 spiro atoms. The lowest BCUT2D eigenvalue weighted by atomic mass is 9.87. The molecule has 0 atom stereocenters. The Bertz CT molecular complexity index is 771. The van der Waals surface area contributed by atoms with Crippen molar-refractivity contribution in [2.75, 3.05) is 5.75 Å². The zero-order valence-electron chi connectivity index (χ0n) is 14.2. The van der Waals surface area contributed by atoms with Crippen molar-refractivity contribution in [3.05, 3.63) is 57.8 Å². The third-order valence-electron chi connectivity index (χ3n) is 3.60. The van der Waals surface area contributed by atoms with Crippen molar-refractivity contribution in [2.24, 2.45) is 0 Å². The molecule has 1 aromatic heterocycles. The maximum atomic E-state index is 12.2. The fourth-order valence-corrected chi connectivity index (χ4v) is 4.20. The summed E-state index contributed by atoms with van der Waals surface area (Å²) in [7, 11) is -3.48. The van der Waals surface area contributed by atoms with E-state index >= 15 is 0 Å². The van der Waals surface area contributed by atoms with Crippen LogP contribution in [-0.2, 0) is 32.3 Å². The van der Waals surface area contributed by atoms with Gasteiger partial charge in [0, 0.05) is 4.88 Å².